The van der Waals surface area contributed by atoms with Gasteiger partial charge in [-0.15, -0.1) is 0 Å². The molecule has 2 aliphatic rings. The first-order valence-electron chi connectivity index (χ1n) is 9.68. The summed E-state index contributed by atoms with van der Waals surface area (Å²) in [5, 5.41) is 16.2. The Labute approximate surface area is 173 Å². The number of amides is 1. The summed E-state index contributed by atoms with van der Waals surface area (Å²) in [6, 6.07) is 5.44. The van der Waals surface area contributed by atoms with E-state index in [4.69, 9.17) is 5.11 Å². The van der Waals surface area contributed by atoms with Gasteiger partial charge in [-0.3, -0.25) is 9.59 Å². The minimum absolute atomic E-state index is 0.0759. The Morgan fingerprint density at radius 1 is 1.27 bits per heavy atom. The number of aromatic nitrogens is 2. The molecule has 8 nitrogen and oxygen atoms in total. The highest BCUT2D eigenvalue weighted by atomic mass is 32.2. The van der Waals surface area contributed by atoms with Crippen LogP contribution in [0.15, 0.2) is 30.5 Å². The zero-order valence-electron chi connectivity index (χ0n) is 16.3. The lowest BCUT2D eigenvalue weighted by atomic mass is 9.70. The first-order chi connectivity index (χ1) is 14.1. The summed E-state index contributed by atoms with van der Waals surface area (Å²) in [6.45, 7) is 1.74. The van der Waals surface area contributed by atoms with E-state index in [1.54, 1.807) is 19.2 Å². The number of aliphatic carboxylic acids is 1. The minimum Gasteiger partial charge on any atom is -0.481 e. The molecule has 0 bridgehead atoms. The number of nitrogens with one attached hydrogen (secondary N) is 1. The van der Waals surface area contributed by atoms with Gasteiger partial charge in [0.2, 0.25) is 0 Å². The highest BCUT2D eigenvalue weighted by Gasteiger charge is 2.58. The van der Waals surface area contributed by atoms with Gasteiger partial charge in [-0.25, -0.2) is 17.5 Å². The van der Waals surface area contributed by atoms with Crippen LogP contribution >= 0.6 is 0 Å². The molecule has 1 unspecified atom stereocenters. The molecule has 1 spiro atoms. The topological polar surface area (TPSA) is 118 Å². The Morgan fingerprint density at radius 3 is 2.67 bits per heavy atom. The maximum atomic E-state index is 13.3. The molecule has 4 rings (SSSR count). The van der Waals surface area contributed by atoms with Crippen molar-refractivity contribution in [3.05, 3.63) is 47.5 Å². The van der Waals surface area contributed by atoms with E-state index in [0.29, 0.717) is 11.3 Å². The first kappa shape index (κ1) is 20.5. The molecule has 0 radical (unpaired) electrons. The van der Waals surface area contributed by atoms with Crippen molar-refractivity contribution in [3.8, 4) is 5.69 Å². The minimum atomic E-state index is -3.39. The molecule has 10 heteroatoms. The van der Waals surface area contributed by atoms with E-state index in [1.807, 2.05) is 0 Å². The zero-order valence-corrected chi connectivity index (χ0v) is 17.2. The van der Waals surface area contributed by atoms with Crippen LogP contribution in [-0.4, -0.2) is 51.7 Å². The number of benzene rings is 1. The second kappa shape index (κ2) is 7.19. The van der Waals surface area contributed by atoms with Crippen molar-refractivity contribution in [2.45, 2.75) is 43.4 Å². The maximum Gasteiger partial charge on any atom is 0.306 e. The van der Waals surface area contributed by atoms with Crippen molar-refractivity contribution in [2.24, 2.45) is 5.92 Å². The molecule has 1 atom stereocenters. The lowest BCUT2D eigenvalue weighted by molar-refractivity contribution is -0.145. The van der Waals surface area contributed by atoms with Crippen LogP contribution in [0, 0.1) is 18.7 Å². The predicted molar refractivity (Wildman–Crippen MR) is 106 cm³/mol. The van der Waals surface area contributed by atoms with Crippen LogP contribution in [0.5, 0.6) is 0 Å². The number of nitrogens with zero attached hydrogens (tertiary/aromatic N) is 2. The van der Waals surface area contributed by atoms with Gasteiger partial charge in [0.1, 0.15) is 5.82 Å². The normalized spacial score (nSPS) is 27.4. The Bertz CT molecular complexity index is 1120. The molecule has 2 aromatic rings. The average Bonchev–Trinajstić information content (AvgIpc) is 3.11. The van der Waals surface area contributed by atoms with Crippen LogP contribution in [0.3, 0.4) is 0 Å². The number of aryl methyl sites for hydroxylation is 1. The lowest BCUT2D eigenvalue weighted by Crippen LogP contribution is -2.60. The monoisotopic (exact) mass is 435 g/mol. The van der Waals surface area contributed by atoms with Crippen LogP contribution < -0.4 is 5.32 Å². The molecule has 1 aromatic heterocycles. The van der Waals surface area contributed by atoms with Gasteiger partial charge < -0.3 is 10.4 Å². The fraction of sp³-hybridized carbons (Fsp3) is 0.450. The van der Waals surface area contributed by atoms with E-state index in [1.165, 1.54) is 22.9 Å². The van der Waals surface area contributed by atoms with Crippen LogP contribution in [0.4, 0.5) is 4.39 Å². The lowest BCUT2D eigenvalue weighted by Gasteiger charge is -2.49. The molecule has 2 heterocycles. The third kappa shape index (κ3) is 3.49. The summed E-state index contributed by atoms with van der Waals surface area (Å²) in [5.74, 6) is -2.49. The van der Waals surface area contributed by atoms with Crippen molar-refractivity contribution >= 4 is 21.7 Å². The molecule has 160 valence electrons. The summed E-state index contributed by atoms with van der Waals surface area (Å²) < 4.78 is 38.8. The fourth-order valence-electron chi connectivity index (χ4n) is 4.46. The summed E-state index contributed by atoms with van der Waals surface area (Å²) >= 11 is 0. The highest BCUT2D eigenvalue weighted by Crippen LogP contribution is 2.50. The third-order valence-electron chi connectivity index (χ3n) is 6.16. The van der Waals surface area contributed by atoms with Gasteiger partial charge in [-0.2, -0.15) is 5.10 Å². The SMILES string of the molecule is Cc1cc(F)ccc1-n1ccc(C(=O)NC2CCS(=O)(=O)C3(C2)CC(C(=O)O)C3)n1. The van der Waals surface area contributed by atoms with Crippen LogP contribution in [0.1, 0.15) is 41.7 Å². The van der Waals surface area contributed by atoms with Crippen LogP contribution in [-0.2, 0) is 14.6 Å². The number of carbonyl (C=O) groups is 2. The molecular weight excluding hydrogens is 413 g/mol. The number of carboxylic acids is 1. The second-order valence-electron chi connectivity index (χ2n) is 8.18. The van der Waals surface area contributed by atoms with Crippen LogP contribution in [0.2, 0.25) is 0 Å². The van der Waals surface area contributed by atoms with Gasteiger partial charge in [0.15, 0.2) is 15.5 Å². The molecule has 1 aromatic carbocycles. The van der Waals surface area contributed by atoms with Gasteiger partial charge in [-0.1, -0.05) is 0 Å². The Morgan fingerprint density at radius 2 is 2.00 bits per heavy atom. The van der Waals surface area contributed by atoms with E-state index < -0.39 is 32.4 Å². The summed E-state index contributed by atoms with van der Waals surface area (Å²) in [4.78, 5) is 23.8. The molecular formula is C20H22FN3O5S. The number of sulfone groups is 1. The number of hydrogen-bond acceptors (Lipinski definition) is 5. The number of hydrogen-bond donors (Lipinski definition) is 2. The molecule has 30 heavy (non-hydrogen) atoms. The average molecular weight is 435 g/mol. The van der Waals surface area contributed by atoms with Gasteiger partial charge in [-0.05, 0) is 62.4 Å². The van der Waals surface area contributed by atoms with E-state index in [-0.39, 0.29) is 49.0 Å². The number of rotatable bonds is 4. The highest BCUT2D eigenvalue weighted by molar-refractivity contribution is 7.92. The van der Waals surface area contributed by atoms with Crippen molar-refractivity contribution < 1.29 is 27.5 Å². The van der Waals surface area contributed by atoms with Crippen molar-refractivity contribution in [1.29, 1.82) is 0 Å². The number of halogens is 1. The van der Waals surface area contributed by atoms with Gasteiger partial charge in [0.25, 0.3) is 5.91 Å². The number of carbonyl (C=O) groups excluding carboxylic acids is 1. The third-order valence-corrected chi connectivity index (χ3v) is 8.75. The molecule has 1 saturated heterocycles. The van der Waals surface area contributed by atoms with Crippen molar-refractivity contribution in [3.63, 3.8) is 0 Å². The van der Waals surface area contributed by atoms with E-state index in [9.17, 15) is 22.4 Å². The second-order valence-corrected chi connectivity index (χ2v) is 10.7. The quantitative estimate of drug-likeness (QED) is 0.757. The Balaban J connectivity index is 1.46. The van der Waals surface area contributed by atoms with Gasteiger partial charge >= 0.3 is 5.97 Å². The molecule has 1 amide bonds. The van der Waals surface area contributed by atoms with Crippen molar-refractivity contribution in [1.82, 2.24) is 15.1 Å². The van der Waals surface area contributed by atoms with Crippen molar-refractivity contribution in [2.75, 3.05) is 5.75 Å². The molecule has 1 aliphatic heterocycles. The maximum absolute atomic E-state index is 13.3. The first-order valence-corrected chi connectivity index (χ1v) is 11.3. The Hall–Kier alpha value is -2.75. The number of carboxylic acid groups (broad SMARTS) is 1. The largest absolute Gasteiger partial charge is 0.481 e. The van der Waals surface area contributed by atoms with E-state index in [0.717, 1.165) is 0 Å². The predicted octanol–water partition coefficient (Wildman–Crippen LogP) is 1.86. The fourth-order valence-corrected chi connectivity index (χ4v) is 6.86. The molecule has 1 saturated carbocycles. The summed E-state index contributed by atoms with van der Waals surface area (Å²) in [7, 11) is -3.39. The summed E-state index contributed by atoms with van der Waals surface area (Å²) in [5.41, 5.74) is 1.48. The van der Waals surface area contributed by atoms with Gasteiger partial charge in [0, 0.05) is 12.2 Å². The van der Waals surface area contributed by atoms with Crippen LogP contribution in [0.25, 0.3) is 5.69 Å². The van der Waals surface area contributed by atoms with E-state index in [2.05, 4.69) is 10.4 Å². The molecule has 2 N–H and O–H groups in total. The molecule has 2 fully saturated rings. The Kier molecular flexibility index (Phi) is 4.92. The van der Waals surface area contributed by atoms with E-state index >= 15 is 0 Å². The van der Waals surface area contributed by atoms with Gasteiger partial charge in [0.05, 0.1) is 22.1 Å². The smallest absolute Gasteiger partial charge is 0.306 e. The zero-order chi connectivity index (χ0) is 21.7. The molecule has 1 aliphatic carbocycles. The standard InChI is InChI=1S/C20H22FN3O5S/c1-12-8-14(21)2-3-17(12)24-6-4-16(23-24)18(25)22-15-5-7-30(28,29)20(11-15)9-13(10-20)19(26)27/h2-4,6,8,13,15H,5,7,9-11H2,1H3,(H,22,25)(H,26,27). The summed E-state index contributed by atoms with van der Waals surface area (Å²) in [6.07, 6.45) is 2.28.